The van der Waals surface area contributed by atoms with Crippen molar-refractivity contribution in [3.8, 4) is 0 Å². The lowest BCUT2D eigenvalue weighted by atomic mass is 10.0. The summed E-state index contributed by atoms with van der Waals surface area (Å²) < 4.78 is 2.30. The smallest absolute Gasteiger partial charge is 0.0646 e. The van der Waals surface area contributed by atoms with E-state index in [0.29, 0.717) is 5.92 Å². The zero-order valence-corrected chi connectivity index (χ0v) is 13.0. The normalized spacial score (nSPS) is 11.8. The van der Waals surface area contributed by atoms with E-state index in [1.54, 1.807) is 0 Å². The second-order valence-corrected chi connectivity index (χ2v) is 6.15. The third-order valence-corrected chi connectivity index (χ3v) is 4.63. The topological polar surface area (TPSA) is 4.93 Å². The molecule has 0 radical (unpaired) electrons. The first-order valence-corrected chi connectivity index (χ1v) is 7.26. The number of para-hydroxylation sites is 1. The zero-order chi connectivity index (χ0) is 12.9. The van der Waals surface area contributed by atoms with E-state index in [-0.39, 0.29) is 0 Å². The van der Waals surface area contributed by atoms with Crippen molar-refractivity contribution in [2.75, 3.05) is 0 Å². The molecule has 0 amide bonds. The quantitative estimate of drug-likeness (QED) is 0.517. The molecule has 0 aliphatic heterocycles. The maximum absolute atomic E-state index is 2.41. The van der Waals surface area contributed by atoms with Crippen LogP contribution >= 0.6 is 22.9 Å². The molecule has 0 unspecified atom stereocenters. The number of rotatable bonds is 1. The Morgan fingerprint density at radius 2 is 1.83 bits per heavy atom. The molecule has 92 valence electrons. The van der Waals surface area contributed by atoms with Gasteiger partial charge in [-0.3, -0.25) is 2.78 Å². The van der Waals surface area contributed by atoms with Gasteiger partial charge in [0.1, 0.15) is 0 Å². The molecule has 0 spiro atoms. The van der Waals surface area contributed by atoms with E-state index in [9.17, 15) is 0 Å². The van der Waals surface area contributed by atoms with Gasteiger partial charge in [-0.2, -0.15) is 0 Å². The Bertz CT molecular complexity index is 738. The molecule has 3 rings (SSSR count). The summed E-state index contributed by atoms with van der Waals surface area (Å²) in [6.07, 6.45) is 0. The van der Waals surface area contributed by atoms with Crippen LogP contribution in [-0.2, 0) is 0 Å². The number of hydrogen-bond donors (Lipinski definition) is 0. The molecule has 0 atom stereocenters. The van der Waals surface area contributed by atoms with E-state index in [2.05, 4.69) is 82.8 Å². The fourth-order valence-electron chi connectivity index (χ4n) is 2.56. The van der Waals surface area contributed by atoms with Crippen molar-refractivity contribution in [2.45, 2.75) is 26.7 Å². The monoisotopic (exact) mass is 349 g/mol. The maximum atomic E-state index is 2.41. The Balaban J connectivity index is 2.48. The molecule has 1 aromatic heterocycles. The summed E-state index contributed by atoms with van der Waals surface area (Å²) in [6, 6.07) is 13.4. The molecular weight excluding hydrogens is 333 g/mol. The van der Waals surface area contributed by atoms with Crippen molar-refractivity contribution in [3.05, 3.63) is 47.5 Å². The average Bonchev–Trinajstić information content (AvgIpc) is 2.64. The SMILES string of the molecule is Cc1cccc2c3ccc(C(C)C)cc3n(I)c12. The highest BCUT2D eigenvalue weighted by molar-refractivity contribution is 14.1. The van der Waals surface area contributed by atoms with Crippen LogP contribution in [0.25, 0.3) is 21.8 Å². The van der Waals surface area contributed by atoms with Crippen molar-refractivity contribution >= 4 is 44.7 Å². The molecule has 1 nitrogen and oxygen atoms in total. The zero-order valence-electron chi connectivity index (χ0n) is 10.9. The molecule has 0 saturated carbocycles. The van der Waals surface area contributed by atoms with Crippen LogP contribution in [0.5, 0.6) is 0 Å². The number of nitrogens with zero attached hydrogens (tertiary/aromatic N) is 1. The Morgan fingerprint density at radius 1 is 1.06 bits per heavy atom. The fourth-order valence-corrected chi connectivity index (χ4v) is 3.59. The summed E-state index contributed by atoms with van der Waals surface area (Å²) in [5.41, 5.74) is 5.41. The first-order chi connectivity index (χ1) is 8.59. The van der Waals surface area contributed by atoms with E-state index in [4.69, 9.17) is 0 Å². The van der Waals surface area contributed by atoms with Crippen molar-refractivity contribution in [1.82, 2.24) is 2.78 Å². The van der Waals surface area contributed by atoms with Crippen LogP contribution in [0, 0.1) is 6.92 Å². The van der Waals surface area contributed by atoms with E-state index >= 15 is 0 Å². The average molecular weight is 349 g/mol. The Kier molecular flexibility index (Phi) is 2.85. The molecule has 0 aliphatic rings. The number of benzene rings is 2. The van der Waals surface area contributed by atoms with Crippen LogP contribution in [0.1, 0.15) is 30.9 Å². The Hall–Kier alpha value is -1.03. The lowest BCUT2D eigenvalue weighted by Gasteiger charge is -2.05. The van der Waals surface area contributed by atoms with Gasteiger partial charge in [0.2, 0.25) is 0 Å². The highest BCUT2D eigenvalue weighted by atomic mass is 127. The van der Waals surface area contributed by atoms with Crippen molar-refractivity contribution in [2.24, 2.45) is 0 Å². The maximum Gasteiger partial charge on any atom is 0.0646 e. The number of aromatic nitrogens is 1. The summed E-state index contributed by atoms with van der Waals surface area (Å²) in [5.74, 6) is 0.574. The Labute approximate surface area is 121 Å². The molecular formula is C16H16IN. The van der Waals surface area contributed by atoms with Gasteiger partial charge in [-0.1, -0.05) is 44.2 Å². The first kappa shape index (κ1) is 12.0. The molecule has 18 heavy (non-hydrogen) atoms. The number of aryl methyl sites for hydroxylation is 1. The van der Waals surface area contributed by atoms with Gasteiger partial charge in [-0.05, 0) is 30.0 Å². The van der Waals surface area contributed by atoms with Crippen LogP contribution in [-0.4, -0.2) is 2.78 Å². The second kappa shape index (κ2) is 4.26. The summed E-state index contributed by atoms with van der Waals surface area (Å²) in [4.78, 5) is 0. The molecule has 3 aromatic rings. The highest BCUT2D eigenvalue weighted by Gasteiger charge is 2.11. The van der Waals surface area contributed by atoms with Gasteiger partial charge in [0.05, 0.1) is 33.9 Å². The lowest BCUT2D eigenvalue weighted by molar-refractivity contribution is 0.868. The summed E-state index contributed by atoms with van der Waals surface area (Å²) in [7, 11) is 0. The van der Waals surface area contributed by atoms with Crippen LogP contribution in [0.4, 0.5) is 0 Å². The largest absolute Gasteiger partial charge is 0.281 e. The van der Waals surface area contributed by atoms with Crippen LogP contribution in [0.2, 0.25) is 0 Å². The molecule has 2 aromatic carbocycles. The van der Waals surface area contributed by atoms with Gasteiger partial charge < -0.3 is 0 Å². The van der Waals surface area contributed by atoms with Crippen molar-refractivity contribution in [3.63, 3.8) is 0 Å². The van der Waals surface area contributed by atoms with Crippen LogP contribution in [0.3, 0.4) is 0 Å². The number of hydrogen-bond acceptors (Lipinski definition) is 0. The first-order valence-electron chi connectivity index (χ1n) is 6.29. The highest BCUT2D eigenvalue weighted by Crippen LogP contribution is 2.34. The van der Waals surface area contributed by atoms with Gasteiger partial charge in [0, 0.05) is 10.8 Å². The van der Waals surface area contributed by atoms with Crippen LogP contribution < -0.4 is 0 Å². The van der Waals surface area contributed by atoms with Gasteiger partial charge >= 0.3 is 0 Å². The summed E-state index contributed by atoms with van der Waals surface area (Å²) in [5, 5.41) is 2.71. The van der Waals surface area contributed by atoms with E-state index in [1.807, 2.05) is 0 Å². The van der Waals surface area contributed by atoms with Gasteiger partial charge in [-0.25, -0.2) is 0 Å². The minimum absolute atomic E-state index is 0.574. The summed E-state index contributed by atoms with van der Waals surface area (Å²) in [6.45, 7) is 6.67. The third kappa shape index (κ3) is 1.66. The lowest BCUT2D eigenvalue weighted by Crippen LogP contribution is -1.87. The minimum atomic E-state index is 0.574. The molecule has 0 fully saturated rings. The molecule has 0 N–H and O–H groups in total. The summed E-state index contributed by atoms with van der Waals surface area (Å²) >= 11 is 2.41. The molecule has 0 bridgehead atoms. The fraction of sp³-hybridized carbons (Fsp3) is 0.250. The molecule has 0 aliphatic carbocycles. The van der Waals surface area contributed by atoms with Crippen LogP contribution in [0.15, 0.2) is 36.4 Å². The third-order valence-electron chi connectivity index (χ3n) is 3.62. The molecule has 1 heterocycles. The van der Waals surface area contributed by atoms with Crippen molar-refractivity contribution in [1.29, 1.82) is 0 Å². The molecule has 2 heteroatoms. The van der Waals surface area contributed by atoms with E-state index in [0.717, 1.165) is 0 Å². The van der Waals surface area contributed by atoms with Crippen molar-refractivity contribution < 1.29 is 0 Å². The predicted octanol–water partition coefficient (Wildman–Crippen LogP) is 5.42. The van der Waals surface area contributed by atoms with E-state index in [1.165, 1.54) is 32.9 Å². The standard InChI is InChI=1S/C16H16IN/c1-10(2)12-7-8-13-14-6-4-5-11(3)16(14)18(17)15(13)9-12/h4-10H,1-3H3. The molecule has 0 saturated heterocycles. The van der Waals surface area contributed by atoms with Gasteiger partial charge in [0.25, 0.3) is 0 Å². The minimum Gasteiger partial charge on any atom is -0.281 e. The van der Waals surface area contributed by atoms with E-state index < -0.39 is 0 Å². The van der Waals surface area contributed by atoms with Gasteiger partial charge in [-0.15, -0.1) is 0 Å². The number of fused-ring (bicyclic) bond motifs is 3. The predicted molar refractivity (Wildman–Crippen MR) is 87.7 cm³/mol. The number of halogens is 1. The second-order valence-electron chi connectivity index (χ2n) is 5.18. The Morgan fingerprint density at radius 3 is 2.56 bits per heavy atom. The van der Waals surface area contributed by atoms with Gasteiger partial charge in [0.15, 0.2) is 0 Å².